The number of hydrogen-bond acceptors (Lipinski definition) is 8. The van der Waals surface area contributed by atoms with Crippen LogP contribution in [-0.4, -0.2) is 72.4 Å². The number of nitrogens with zero attached hydrogens (tertiary/aromatic N) is 6. The average molecular weight is 598 g/mol. The highest BCUT2D eigenvalue weighted by atomic mass is 19.4. The van der Waals surface area contributed by atoms with E-state index in [9.17, 15) is 27.6 Å². The van der Waals surface area contributed by atoms with Gasteiger partial charge >= 0.3 is 6.18 Å². The minimum Gasteiger partial charge on any atom is -0.377 e. The van der Waals surface area contributed by atoms with Gasteiger partial charge < -0.3 is 20.0 Å². The smallest absolute Gasteiger partial charge is 0.377 e. The molecule has 1 aliphatic heterocycles. The van der Waals surface area contributed by atoms with Crippen LogP contribution in [0.1, 0.15) is 30.4 Å². The summed E-state index contributed by atoms with van der Waals surface area (Å²) in [4.78, 5) is 25.2. The fraction of sp³-hybridized carbons (Fsp3) is 0.355. The van der Waals surface area contributed by atoms with Gasteiger partial charge in [0.2, 0.25) is 0 Å². The quantitative estimate of drug-likeness (QED) is 0.155. The third-order valence-electron chi connectivity index (χ3n) is 6.78. The number of alkyl halides is 3. The summed E-state index contributed by atoms with van der Waals surface area (Å²) in [6.45, 7) is 9.17. The second kappa shape index (κ2) is 14.5. The van der Waals surface area contributed by atoms with E-state index in [2.05, 4.69) is 37.7 Å². The van der Waals surface area contributed by atoms with Gasteiger partial charge in [-0.3, -0.25) is 4.79 Å². The predicted octanol–water partition coefficient (Wildman–Crippen LogP) is 5.63. The molecule has 8 nitrogen and oxygen atoms in total. The molecule has 1 saturated heterocycles. The zero-order chi connectivity index (χ0) is 31.7. The van der Waals surface area contributed by atoms with Crippen molar-refractivity contribution in [2.24, 2.45) is 0 Å². The number of carbonyl (C=O) groups excluding carboxylic acids is 1. The number of nitriles is 1. The Bertz CT molecular complexity index is 1450. The van der Waals surface area contributed by atoms with Crippen LogP contribution in [0.4, 0.5) is 29.1 Å². The Morgan fingerprint density at radius 2 is 1.86 bits per heavy atom. The molecule has 1 atom stereocenters. The first-order chi connectivity index (χ1) is 20.3. The Hall–Kier alpha value is -4.66. The summed E-state index contributed by atoms with van der Waals surface area (Å²) in [5, 5.41) is 12.0. The van der Waals surface area contributed by atoms with Gasteiger partial charge in [0.25, 0.3) is 0 Å². The van der Waals surface area contributed by atoms with E-state index in [-0.39, 0.29) is 23.4 Å². The van der Waals surface area contributed by atoms with Crippen molar-refractivity contribution in [1.82, 2.24) is 19.8 Å². The lowest BCUT2D eigenvalue weighted by molar-refractivity contribution is -0.140. The molecule has 1 unspecified atom stereocenters. The molecule has 2 aromatic rings. The molecule has 1 N–H and O–H groups in total. The molecular weight excluding hydrogens is 562 g/mol. The lowest BCUT2D eigenvalue weighted by Gasteiger charge is -2.40. The number of aromatic nitrogens is 2. The van der Waals surface area contributed by atoms with E-state index in [1.54, 1.807) is 19.1 Å². The molecule has 0 amide bonds. The van der Waals surface area contributed by atoms with E-state index < -0.39 is 23.7 Å². The molecule has 0 aliphatic carbocycles. The molecule has 1 aliphatic rings. The Morgan fingerprint density at radius 1 is 1.16 bits per heavy atom. The minimum absolute atomic E-state index is 0.0759. The van der Waals surface area contributed by atoms with Crippen LogP contribution in [0.2, 0.25) is 0 Å². The van der Waals surface area contributed by atoms with Gasteiger partial charge in [0.1, 0.15) is 29.7 Å². The number of nitrogens with one attached hydrogen (secondary N) is 1. The van der Waals surface area contributed by atoms with Gasteiger partial charge in [-0.2, -0.15) is 18.4 Å². The van der Waals surface area contributed by atoms with Crippen LogP contribution in [-0.2, 0) is 11.0 Å². The van der Waals surface area contributed by atoms with Crippen molar-refractivity contribution in [3.05, 3.63) is 95.0 Å². The number of piperazine rings is 1. The number of pyridine rings is 2. The molecule has 2 aromatic heterocycles. The van der Waals surface area contributed by atoms with Crippen LogP contribution in [0.15, 0.2) is 77.9 Å². The summed E-state index contributed by atoms with van der Waals surface area (Å²) >= 11 is 0. The number of anilines is 2. The van der Waals surface area contributed by atoms with E-state index >= 15 is 0 Å². The number of allylic oxidation sites excluding steroid dienone is 5. The van der Waals surface area contributed by atoms with Crippen LogP contribution in [0, 0.1) is 18.3 Å². The van der Waals surface area contributed by atoms with Crippen LogP contribution in [0.3, 0.4) is 0 Å². The first-order valence-electron chi connectivity index (χ1n) is 13.6. The fourth-order valence-electron chi connectivity index (χ4n) is 4.64. The maximum Gasteiger partial charge on any atom is 0.435 e. The monoisotopic (exact) mass is 597 g/mol. The molecular formula is C31H35F4N7O. The predicted molar refractivity (Wildman–Crippen MR) is 159 cm³/mol. The molecule has 228 valence electrons. The van der Waals surface area contributed by atoms with E-state index in [4.69, 9.17) is 0 Å². The van der Waals surface area contributed by atoms with E-state index in [1.165, 1.54) is 25.1 Å². The first kappa shape index (κ1) is 32.8. The molecule has 0 spiro atoms. The summed E-state index contributed by atoms with van der Waals surface area (Å²) in [5.41, 5.74) is -0.349. The summed E-state index contributed by atoms with van der Waals surface area (Å²) in [5.74, 6) is 0.827. The Balaban J connectivity index is 1.87. The van der Waals surface area contributed by atoms with Crippen molar-refractivity contribution >= 4 is 17.8 Å². The van der Waals surface area contributed by atoms with Gasteiger partial charge in [0.15, 0.2) is 5.69 Å². The highest BCUT2D eigenvalue weighted by Gasteiger charge is 2.36. The summed E-state index contributed by atoms with van der Waals surface area (Å²) in [6, 6.07) is 9.41. The van der Waals surface area contributed by atoms with Gasteiger partial charge in [0.05, 0.1) is 11.5 Å². The zero-order valence-electron chi connectivity index (χ0n) is 24.6. The summed E-state index contributed by atoms with van der Waals surface area (Å²) < 4.78 is 56.1. The number of hydrogen-bond donors (Lipinski definition) is 1. The van der Waals surface area contributed by atoms with Crippen LogP contribution >= 0.6 is 0 Å². The maximum absolute atomic E-state index is 14.9. The topological polar surface area (TPSA) is 88.4 Å². The van der Waals surface area contributed by atoms with E-state index in [0.717, 1.165) is 17.7 Å². The average Bonchev–Trinajstić information content (AvgIpc) is 2.97. The Labute approximate surface area is 249 Å². The lowest BCUT2D eigenvalue weighted by Crippen LogP contribution is -2.48. The fourth-order valence-corrected chi connectivity index (χ4v) is 4.64. The van der Waals surface area contributed by atoms with E-state index in [0.29, 0.717) is 43.7 Å². The van der Waals surface area contributed by atoms with Crippen molar-refractivity contribution in [2.75, 3.05) is 50.5 Å². The Kier molecular flexibility index (Phi) is 11.1. The molecule has 3 rings (SSSR count). The second-order valence-corrected chi connectivity index (χ2v) is 10.3. The molecule has 1 fully saturated rings. The third-order valence-corrected chi connectivity index (χ3v) is 6.78. The van der Waals surface area contributed by atoms with Crippen molar-refractivity contribution in [1.29, 1.82) is 5.26 Å². The number of carbonyl (C=O) groups is 1. The maximum atomic E-state index is 14.9. The summed E-state index contributed by atoms with van der Waals surface area (Å²) in [7, 11) is 3.76. The molecule has 0 saturated carbocycles. The SMILES string of the molecule is C=C(C=O)/C=C(F)\C=C(/C/C=C(\N(C)C)N1CCN(c2cccc(C#N)n2)CC1)C(C)Nc1ccc(C)nc1C(F)(F)F. The normalized spacial score (nSPS) is 15.6. The number of aryl methyl sites for hydroxylation is 1. The number of rotatable bonds is 11. The molecule has 0 aromatic carbocycles. The van der Waals surface area contributed by atoms with Gasteiger partial charge in [0, 0.05) is 57.6 Å². The zero-order valence-corrected chi connectivity index (χ0v) is 24.6. The first-order valence-corrected chi connectivity index (χ1v) is 13.6. The Morgan fingerprint density at radius 3 is 2.47 bits per heavy atom. The second-order valence-electron chi connectivity index (χ2n) is 10.3. The lowest BCUT2D eigenvalue weighted by atomic mass is 10.0. The number of aldehydes is 1. The summed E-state index contributed by atoms with van der Waals surface area (Å²) in [6.07, 6.45) is 0.00198. The highest BCUT2D eigenvalue weighted by Crippen LogP contribution is 2.34. The van der Waals surface area contributed by atoms with Gasteiger partial charge in [-0.25, -0.2) is 14.4 Å². The molecule has 12 heteroatoms. The van der Waals surface area contributed by atoms with Gasteiger partial charge in [-0.05, 0) is 68.3 Å². The largest absolute Gasteiger partial charge is 0.435 e. The standard InChI is InChI=1S/C31H35F4N7O/c1-21(20-43)17-25(32)18-24(23(3)38-27-11-9-22(2)37-30(27)31(33,34)35)10-12-29(40(4)5)42-15-13-41(14-16-42)28-8-6-7-26(19-36)39-28/h6-9,11-12,17-18,20,23,38H,1,10,13-16H2,2-5H3/b24-18+,25-17+,29-12+. The molecule has 0 radical (unpaired) electrons. The van der Waals surface area contributed by atoms with Gasteiger partial charge in [-0.1, -0.05) is 12.6 Å². The molecule has 0 bridgehead atoms. The van der Waals surface area contributed by atoms with Crippen molar-refractivity contribution < 1.29 is 22.4 Å². The highest BCUT2D eigenvalue weighted by molar-refractivity contribution is 5.76. The van der Waals surface area contributed by atoms with Crippen molar-refractivity contribution in [3.8, 4) is 6.07 Å². The van der Waals surface area contributed by atoms with Crippen LogP contribution in [0.5, 0.6) is 0 Å². The number of halogens is 4. The molecule has 3 heterocycles. The van der Waals surface area contributed by atoms with Crippen molar-refractivity contribution in [2.45, 2.75) is 32.5 Å². The van der Waals surface area contributed by atoms with Crippen LogP contribution < -0.4 is 10.2 Å². The van der Waals surface area contributed by atoms with E-state index in [1.807, 2.05) is 31.1 Å². The third kappa shape index (κ3) is 9.16. The minimum atomic E-state index is -4.68. The van der Waals surface area contributed by atoms with Crippen molar-refractivity contribution in [3.63, 3.8) is 0 Å². The molecule has 43 heavy (non-hydrogen) atoms. The van der Waals surface area contributed by atoms with Gasteiger partial charge in [-0.15, -0.1) is 0 Å². The van der Waals surface area contributed by atoms with Crippen LogP contribution in [0.25, 0.3) is 0 Å².